The van der Waals surface area contributed by atoms with Gasteiger partial charge in [0.05, 0.1) is 7.11 Å². The Morgan fingerprint density at radius 1 is 1.40 bits per heavy atom. The molecule has 1 spiro atoms. The lowest BCUT2D eigenvalue weighted by Crippen LogP contribution is -2.17. The summed E-state index contributed by atoms with van der Waals surface area (Å²) in [6.45, 7) is 2.38. The highest BCUT2D eigenvalue weighted by Gasteiger charge is 2.53. The van der Waals surface area contributed by atoms with E-state index < -0.39 is 0 Å². The van der Waals surface area contributed by atoms with Crippen molar-refractivity contribution in [3.63, 3.8) is 0 Å². The van der Waals surface area contributed by atoms with Crippen molar-refractivity contribution < 1.29 is 4.74 Å². The number of fused-ring (bicyclic) bond motifs is 2. The van der Waals surface area contributed by atoms with Crippen molar-refractivity contribution in [3.05, 3.63) is 29.3 Å². The van der Waals surface area contributed by atoms with Gasteiger partial charge in [-0.15, -0.1) is 0 Å². The highest BCUT2D eigenvalue weighted by atomic mass is 16.5. The first-order valence-corrected chi connectivity index (χ1v) is 5.94. The summed E-state index contributed by atoms with van der Waals surface area (Å²) in [7, 11) is 1.76. The van der Waals surface area contributed by atoms with Crippen molar-refractivity contribution in [2.45, 2.75) is 38.0 Å². The van der Waals surface area contributed by atoms with Crippen LogP contribution in [0.15, 0.2) is 18.2 Å². The van der Waals surface area contributed by atoms with Gasteiger partial charge in [0.2, 0.25) is 0 Å². The van der Waals surface area contributed by atoms with Gasteiger partial charge in [-0.1, -0.05) is 13.0 Å². The molecule has 1 aromatic rings. The molecule has 0 amide bonds. The zero-order valence-corrected chi connectivity index (χ0v) is 9.55. The van der Waals surface area contributed by atoms with Crippen molar-refractivity contribution in [1.29, 1.82) is 0 Å². The Balaban J connectivity index is 2.09. The van der Waals surface area contributed by atoms with E-state index >= 15 is 0 Å². The zero-order valence-electron chi connectivity index (χ0n) is 9.55. The summed E-state index contributed by atoms with van der Waals surface area (Å²) >= 11 is 0. The molecule has 80 valence electrons. The first-order chi connectivity index (χ1) is 7.26. The molecule has 1 saturated carbocycles. The van der Waals surface area contributed by atoms with Crippen LogP contribution in [0.1, 0.15) is 37.3 Å². The molecule has 1 fully saturated rings. The number of aryl methyl sites for hydroxylation is 1. The molecule has 0 aliphatic heterocycles. The lowest BCUT2D eigenvalue weighted by molar-refractivity contribution is 0.411. The summed E-state index contributed by atoms with van der Waals surface area (Å²) in [6.07, 6.45) is 5.39. The molecule has 0 saturated heterocycles. The molecule has 2 atom stereocenters. The maximum absolute atomic E-state index is 5.34. The minimum Gasteiger partial charge on any atom is -0.497 e. The predicted octanol–water partition coefficient (Wildman–Crippen LogP) is 3.31. The van der Waals surface area contributed by atoms with Crippen molar-refractivity contribution in [3.8, 4) is 5.75 Å². The van der Waals surface area contributed by atoms with Crippen LogP contribution in [-0.2, 0) is 11.8 Å². The number of hydrogen-bond donors (Lipinski definition) is 0. The Morgan fingerprint density at radius 3 is 2.87 bits per heavy atom. The quantitative estimate of drug-likeness (QED) is 0.679. The molecule has 2 unspecified atom stereocenters. The smallest absolute Gasteiger partial charge is 0.119 e. The molecule has 1 nitrogen and oxygen atoms in total. The molecule has 0 N–H and O–H groups in total. The summed E-state index contributed by atoms with van der Waals surface area (Å²) in [6, 6.07) is 6.64. The summed E-state index contributed by atoms with van der Waals surface area (Å²) in [5, 5.41) is 0. The van der Waals surface area contributed by atoms with Gasteiger partial charge in [0, 0.05) is 0 Å². The minimum absolute atomic E-state index is 0.530. The van der Waals surface area contributed by atoms with Gasteiger partial charge in [0.1, 0.15) is 5.75 Å². The molecule has 1 heteroatoms. The molecule has 15 heavy (non-hydrogen) atoms. The fourth-order valence-electron chi connectivity index (χ4n) is 3.30. The van der Waals surface area contributed by atoms with Gasteiger partial charge in [0.15, 0.2) is 0 Å². The molecular weight excluding hydrogens is 184 g/mol. The van der Waals surface area contributed by atoms with Crippen molar-refractivity contribution in [2.75, 3.05) is 7.11 Å². The van der Waals surface area contributed by atoms with Gasteiger partial charge in [-0.2, -0.15) is 0 Å². The molecule has 2 aliphatic rings. The molecule has 0 bridgehead atoms. The van der Waals surface area contributed by atoms with E-state index in [0.29, 0.717) is 5.41 Å². The Labute approximate surface area is 91.5 Å². The van der Waals surface area contributed by atoms with Crippen LogP contribution in [0.4, 0.5) is 0 Å². The topological polar surface area (TPSA) is 9.23 Å². The average Bonchev–Trinajstić information content (AvgIpc) is 2.90. The first-order valence-electron chi connectivity index (χ1n) is 5.94. The fourth-order valence-corrected chi connectivity index (χ4v) is 3.30. The van der Waals surface area contributed by atoms with Crippen LogP contribution >= 0.6 is 0 Å². The largest absolute Gasteiger partial charge is 0.497 e. The summed E-state index contributed by atoms with van der Waals surface area (Å²) in [4.78, 5) is 0. The van der Waals surface area contributed by atoms with Crippen LogP contribution in [0.3, 0.4) is 0 Å². The third-order valence-electron chi connectivity index (χ3n) is 4.38. The van der Waals surface area contributed by atoms with E-state index in [4.69, 9.17) is 4.74 Å². The normalized spacial score (nSPS) is 32.5. The Bertz CT molecular complexity index is 396. The van der Waals surface area contributed by atoms with E-state index in [1.165, 1.54) is 25.7 Å². The van der Waals surface area contributed by atoms with Crippen LogP contribution in [0.5, 0.6) is 5.75 Å². The second kappa shape index (κ2) is 3.01. The van der Waals surface area contributed by atoms with Crippen LogP contribution < -0.4 is 4.74 Å². The average molecular weight is 202 g/mol. The fraction of sp³-hybridized carbons (Fsp3) is 0.571. The minimum atomic E-state index is 0.530. The highest BCUT2D eigenvalue weighted by molar-refractivity contribution is 5.46. The SMILES string of the molecule is COc1ccc2c(c1)C1(CCC2)CC1C. The van der Waals surface area contributed by atoms with Gasteiger partial charge in [-0.25, -0.2) is 0 Å². The van der Waals surface area contributed by atoms with Gasteiger partial charge in [-0.05, 0) is 60.3 Å². The third kappa shape index (κ3) is 1.22. The monoisotopic (exact) mass is 202 g/mol. The van der Waals surface area contributed by atoms with Crippen LogP contribution in [0.2, 0.25) is 0 Å². The Kier molecular flexibility index (Phi) is 1.86. The molecule has 0 aromatic heterocycles. The number of rotatable bonds is 1. The zero-order chi connectivity index (χ0) is 10.5. The number of methoxy groups -OCH3 is 1. The Hall–Kier alpha value is -0.980. The second-order valence-corrected chi connectivity index (χ2v) is 5.14. The van der Waals surface area contributed by atoms with Gasteiger partial charge < -0.3 is 4.74 Å². The van der Waals surface area contributed by atoms with E-state index in [1.807, 2.05) is 0 Å². The maximum Gasteiger partial charge on any atom is 0.119 e. The van der Waals surface area contributed by atoms with Crippen molar-refractivity contribution in [1.82, 2.24) is 0 Å². The van der Waals surface area contributed by atoms with E-state index in [-0.39, 0.29) is 0 Å². The molecule has 1 aromatic carbocycles. The molecule has 0 heterocycles. The number of hydrogen-bond acceptors (Lipinski definition) is 1. The summed E-state index contributed by atoms with van der Waals surface area (Å²) < 4.78 is 5.34. The van der Waals surface area contributed by atoms with E-state index in [2.05, 4.69) is 25.1 Å². The molecule has 3 rings (SSSR count). The van der Waals surface area contributed by atoms with Crippen molar-refractivity contribution >= 4 is 0 Å². The van der Waals surface area contributed by atoms with E-state index in [0.717, 1.165) is 11.7 Å². The summed E-state index contributed by atoms with van der Waals surface area (Å²) in [5.41, 5.74) is 3.68. The summed E-state index contributed by atoms with van der Waals surface area (Å²) in [5.74, 6) is 1.90. The van der Waals surface area contributed by atoms with Gasteiger partial charge in [0.25, 0.3) is 0 Å². The molecular formula is C14H18O. The van der Waals surface area contributed by atoms with Crippen LogP contribution in [-0.4, -0.2) is 7.11 Å². The van der Waals surface area contributed by atoms with Gasteiger partial charge in [-0.3, -0.25) is 0 Å². The first kappa shape index (κ1) is 9.26. The molecule has 2 aliphatic carbocycles. The van der Waals surface area contributed by atoms with Crippen LogP contribution in [0.25, 0.3) is 0 Å². The molecule has 0 radical (unpaired) electrons. The van der Waals surface area contributed by atoms with E-state index in [1.54, 1.807) is 18.2 Å². The van der Waals surface area contributed by atoms with Gasteiger partial charge >= 0.3 is 0 Å². The lowest BCUT2D eigenvalue weighted by atomic mass is 9.79. The second-order valence-electron chi connectivity index (χ2n) is 5.14. The lowest BCUT2D eigenvalue weighted by Gasteiger charge is -2.26. The third-order valence-corrected chi connectivity index (χ3v) is 4.38. The van der Waals surface area contributed by atoms with Crippen molar-refractivity contribution in [2.24, 2.45) is 5.92 Å². The van der Waals surface area contributed by atoms with Crippen LogP contribution in [0, 0.1) is 5.92 Å². The number of benzene rings is 1. The maximum atomic E-state index is 5.34. The van der Waals surface area contributed by atoms with E-state index in [9.17, 15) is 0 Å². The predicted molar refractivity (Wildman–Crippen MR) is 61.4 cm³/mol. The highest BCUT2D eigenvalue weighted by Crippen LogP contribution is 2.60. The standard InChI is InChI=1S/C14H18O/c1-10-9-14(10)7-3-4-11-5-6-12(15-2)8-13(11)14/h5-6,8,10H,3-4,7,9H2,1-2H3. The Morgan fingerprint density at radius 2 is 2.20 bits per heavy atom. The number of ether oxygens (including phenoxy) is 1.